The molecule has 0 radical (unpaired) electrons. The second-order valence-electron chi connectivity index (χ2n) is 2.95. The molecule has 0 saturated heterocycles. The number of hydrogen-bond acceptors (Lipinski definition) is 4. The SMILES string of the molecule is O=C1C=CC(=O)OC(c2ccccc2)O1. The molecule has 2 rings (SSSR count). The molecule has 1 aliphatic rings. The molecule has 0 amide bonds. The Morgan fingerprint density at radius 2 is 1.40 bits per heavy atom. The molecule has 0 unspecified atom stereocenters. The van der Waals surface area contributed by atoms with Crippen LogP contribution in [0.5, 0.6) is 0 Å². The molecule has 4 heteroatoms. The molecule has 0 fully saturated rings. The van der Waals surface area contributed by atoms with Crippen molar-refractivity contribution in [3.05, 3.63) is 48.0 Å². The molecular weight excluding hydrogens is 196 g/mol. The van der Waals surface area contributed by atoms with E-state index in [1.807, 2.05) is 6.07 Å². The van der Waals surface area contributed by atoms with Crippen LogP contribution in [0.15, 0.2) is 42.5 Å². The summed E-state index contributed by atoms with van der Waals surface area (Å²) in [6, 6.07) is 8.81. The number of carbonyl (C=O) groups excluding carboxylic acids is 2. The van der Waals surface area contributed by atoms with E-state index in [-0.39, 0.29) is 0 Å². The minimum atomic E-state index is -0.957. The van der Waals surface area contributed by atoms with Gasteiger partial charge in [-0.3, -0.25) is 0 Å². The van der Waals surface area contributed by atoms with Gasteiger partial charge < -0.3 is 9.47 Å². The van der Waals surface area contributed by atoms with E-state index in [9.17, 15) is 9.59 Å². The lowest BCUT2D eigenvalue weighted by molar-refractivity contribution is -0.180. The molecule has 1 aromatic carbocycles. The van der Waals surface area contributed by atoms with Gasteiger partial charge in [0.05, 0.1) is 0 Å². The summed E-state index contributed by atoms with van der Waals surface area (Å²) >= 11 is 0. The molecule has 0 aliphatic carbocycles. The Labute approximate surface area is 86.1 Å². The highest BCUT2D eigenvalue weighted by Gasteiger charge is 2.21. The molecule has 0 aromatic heterocycles. The van der Waals surface area contributed by atoms with Crippen LogP contribution in [0, 0.1) is 0 Å². The summed E-state index contributed by atoms with van der Waals surface area (Å²) in [5.41, 5.74) is 0.628. The van der Waals surface area contributed by atoms with Gasteiger partial charge in [0, 0.05) is 17.7 Å². The van der Waals surface area contributed by atoms with Gasteiger partial charge in [-0.15, -0.1) is 0 Å². The van der Waals surface area contributed by atoms with Gasteiger partial charge in [-0.1, -0.05) is 30.3 Å². The van der Waals surface area contributed by atoms with Gasteiger partial charge in [0.15, 0.2) is 0 Å². The standard InChI is InChI=1S/C11H8O4/c12-9-6-7-10(13)15-11(14-9)8-4-2-1-3-5-8/h1-7,11H. The number of ether oxygens (including phenoxy) is 2. The zero-order valence-corrected chi connectivity index (χ0v) is 7.75. The lowest BCUT2D eigenvalue weighted by Crippen LogP contribution is -2.12. The van der Waals surface area contributed by atoms with Crippen LogP contribution in [0.1, 0.15) is 11.9 Å². The smallest absolute Gasteiger partial charge is 0.334 e. The molecule has 0 atom stereocenters. The van der Waals surface area contributed by atoms with E-state index in [1.54, 1.807) is 24.3 Å². The Bertz CT molecular complexity index is 388. The number of carbonyl (C=O) groups is 2. The lowest BCUT2D eigenvalue weighted by atomic mass is 10.2. The number of hydrogen-bond donors (Lipinski definition) is 0. The van der Waals surface area contributed by atoms with E-state index in [4.69, 9.17) is 9.47 Å². The molecule has 76 valence electrons. The second-order valence-corrected chi connectivity index (χ2v) is 2.95. The maximum atomic E-state index is 11.1. The van der Waals surface area contributed by atoms with E-state index in [1.165, 1.54) is 0 Å². The average molecular weight is 204 g/mol. The minimum Gasteiger partial charge on any atom is -0.417 e. The fourth-order valence-electron chi connectivity index (χ4n) is 1.20. The Balaban J connectivity index is 2.24. The molecule has 1 aromatic rings. The molecule has 0 saturated carbocycles. The van der Waals surface area contributed by atoms with Gasteiger partial charge in [0.2, 0.25) is 0 Å². The van der Waals surface area contributed by atoms with Crippen LogP contribution in [0.2, 0.25) is 0 Å². The van der Waals surface area contributed by atoms with Crippen molar-refractivity contribution in [2.45, 2.75) is 6.29 Å². The molecule has 0 N–H and O–H groups in total. The predicted molar refractivity (Wildman–Crippen MR) is 50.5 cm³/mol. The van der Waals surface area contributed by atoms with Gasteiger partial charge in [0.1, 0.15) is 0 Å². The molecule has 0 bridgehead atoms. The molecule has 4 nitrogen and oxygen atoms in total. The van der Waals surface area contributed by atoms with Gasteiger partial charge >= 0.3 is 11.9 Å². The number of esters is 2. The average Bonchev–Trinajstić information content (AvgIpc) is 2.42. The first kappa shape index (κ1) is 9.45. The summed E-state index contributed by atoms with van der Waals surface area (Å²) in [6.45, 7) is 0. The molecule has 1 heterocycles. The Morgan fingerprint density at radius 3 is 1.93 bits per heavy atom. The normalized spacial score (nSPS) is 16.8. The highest BCUT2D eigenvalue weighted by Crippen LogP contribution is 2.20. The summed E-state index contributed by atoms with van der Waals surface area (Å²) in [7, 11) is 0. The van der Waals surface area contributed by atoms with E-state index in [0.29, 0.717) is 5.56 Å². The topological polar surface area (TPSA) is 52.6 Å². The maximum Gasteiger partial charge on any atom is 0.334 e. The fourth-order valence-corrected chi connectivity index (χ4v) is 1.20. The first-order chi connectivity index (χ1) is 7.25. The summed E-state index contributed by atoms with van der Waals surface area (Å²) < 4.78 is 9.80. The highest BCUT2D eigenvalue weighted by atomic mass is 16.7. The quantitative estimate of drug-likeness (QED) is 0.648. The van der Waals surface area contributed by atoms with Crippen LogP contribution in [0.25, 0.3) is 0 Å². The Morgan fingerprint density at radius 1 is 0.867 bits per heavy atom. The van der Waals surface area contributed by atoms with E-state index >= 15 is 0 Å². The van der Waals surface area contributed by atoms with Crippen molar-refractivity contribution >= 4 is 11.9 Å². The van der Waals surface area contributed by atoms with Crippen molar-refractivity contribution in [2.24, 2.45) is 0 Å². The summed E-state index contributed by atoms with van der Waals surface area (Å²) in [4.78, 5) is 22.1. The van der Waals surface area contributed by atoms with Crippen LogP contribution in [-0.2, 0) is 19.1 Å². The number of rotatable bonds is 1. The van der Waals surface area contributed by atoms with Crippen molar-refractivity contribution in [1.82, 2.24) is 0 Å². The summed E-state index contributed by atoms with van der Waals surface area (Å²) in [5, 5.41) is 0. The largest absolute Gasteiger partial charge is 0.417 e. The monoisotopic (exact) mass is 204 g/mol. The lowest BCUT2D eigenvalue weighted by Gasteiger charge is -2.14. The van der Waals surface area contributed by atoms with Crippen molar-refractivity contribution in [3.63, 3.8) is 0 Å². The maximum absolute atomic E-state index is 11.1. The number of cyclic esters (lactones) is 2. The van der Waals surface area contributed by atoms with Crippen molar-refractivity contribution < 1.29 is 19.1 Å². The van der Waals surface area contributed by atoms with Gasteiger partial charge in [0.25, 0.3) is 6.29 Å². The van der Waals surface area contributed by atoms with Crippen molar-refractivity contribution in [1.29, 1.82) is 0 Å². The highest BCUT2D eigenvalue weighted by molar-refractivity contribution is 5.93. The minimum absolute atomic E-state index is 0.588. The fraction of sp³-hybridized carbons (Fsp3) is 0.0909. The third-order valence-electron chi connectivity index (χ3n) is 1.87. The predicted octanol–water partition coefficient (Wildman–Crippen LogP) is 1.34. The zero-order chi connectivity index (χ0) is 10.7. The first-order valence-corrected chi connectivity index (χ1v) is 4.40. The van der Waals surface area contributed by atoms with Crippen LogP contribution < -0.4 is 0 Å². The summed E-state index contributed by atoms with van der Waals surface area (Å²) in [6.07, 6.45) is 1.14. The second kappa shape index (κ2) is 3.96. The molecule has 15 heavy (non-hydrogen) atoms. The van der Waals surface area contributed by atoms with E-state index < -0.39 is 18.2 Å². The van der Waals surface area contributed by atoms with E-state index in [0.717, 1.165) is 12.2 Å². The van der Waals surface area contributed by atoms with Crippen LogP contribution in [0.3, 0.4) is 0 Å². The summed E-state index contributed by atoms with van der Waals surface area (Å²) in [5.74, 6) is -1.18. The third kappa shape index (κ3) is 2.22. The van der Waals surface area contributed by atoms with Crippen LogP contribution >= 0.6 is 0 Å². The number of benzene rings is 1. The zero-order valence-electron chi connectivity index (χ0n) is 7.75. The van der Waals surface area contributed by atoms with Gasteiger partial charge in [-0.25, -0.2) is 9.59 Å². The van der Waals surface area contributed by atoms with Gasteiger partial charge in [-0.2, -0.15) is 0 Å². The van der Waals surface area contributed by atoms with Crippen molar-refractivity contribution in [2.75, 3.05) is 0 Å². The molecular formula is C11H8O4. The Hall–Kier alpha value is -2.10. The first-order valence-electron chi connectivity index (χ1n) is 4.40. The molecule has 0 spiro atoms. The third-order valence-corrected chi connectivity index (χ3v) is 1.87. The van der Waals surface area contributed by atoms with Crippen LogP contribution in [-0.4, -0.2) is 11.9 Å². The van der Waals surface area contributed by atoms with Crippen molar-refractivity contribution in [3.8, 4) is 0 Å². The van der Waals surface area contributed by atoms with E-state index in [2.05, 4.69) is 0 Å². The van der Waals surface area contributed by atoms with Crippen LogP contribution in [0.4, 0.5) is 0 Å². The van der Waals surface area contributed by atoms with Gasteiger partial charge in [-0.05, 0) is 0 Å². The Kier molecular flexibility index (Phi) is 2.49. The molecule has 1 aliphatic heterocycles.